The van der Waals surface area contributed by atoms with E-state index in [2.05, 4.69) is 10.2 Å². The van der Waals surface area contributed by atoms with Gasteiger partial charge >= 0.3 is 12.4 Å². The zero-order chi connectivity index (χ0) is 34.0. The fourth-order valence-corrected chi connectivity index (χ4v) is 7.05. The van der Waals surface area contributed by atoms with Crippen molar-refractivity contribution in [2.45, 2.75) is 29.1 Å². The summed E-state index contributed by atoms with van der Waals surface area (Å²) in [7, 11) is 1.55. The van der Waals surface area contributed by atoms with E-state index in [0.29, 0.717) is 24.3 Å². The van der Waals surface area contributed by atoms with Gasteiger partial charge in [0.2, 0.25) is 0 Å². The van der Waals surface area contributed by atoms with Crippen molar-refractivity contribution < 1.29 is 26.3 Å². The fraction of sp³-hybridized carbons (Fsp3) is 0.125. The summed E-state index contributed by atoms with van der Waals surface area (Å²) in [4.78, 5) is -0.00710. The Morgan fingerprint density at radius 1 is 0.667 bits per heavy atom. The molecular weight excluding hydrogens is 734 g/mol. The number of nitriles is 3. The van der Waals surface area contributed by atoms with Crippen molar-refractivity contribution in [1.82, 2.24) is 19.6 Å². The molecule has 0 spiro atoms. The van der Waals surface area contributed by atoms with E-state index in [9.17, 15) is 36.9 Å². The number of aromatic nitrogens is 4. The molecule has 0 fully saturated rings. The second-order valence-electron chi connectivity index (χ2n) is 8.14. The molecule has 4 rings (SSSR count). The number of nitrogens with two attached hydrogens (primary N) is 2. The van der Waals surface area contributed by atoms with E-state index in [4.69, 9.17) is 63.1 Å². The smallest absolute Gasteiger partial charge is 0.383 e. The second-order valence-corrected chi connectivity index (χ2v) is 11.9. The van der Waals surface area contributed by atoms with Gasteiger partial charge in [0.05, 0.1) is 47.1 Å². The van der Waals surface area contributed by atoms with Gasteiger partial charge in [-0.3, -0.25) is 0 Å². The Hall–Kier alpha value is -3.63. The predicted molar refractivity (Wildman–Crippen MR) is 158 cm³/mol. The van der Waals surface area contributed by atoms with Gasteiger partial charge in [0.15, 0.2) is 11.4 Å². The molecule has 9 nitrogen and oxygen atoms in total. The molecule has 2 aromatic carbocycles. The van der Waals surface area contributed by atoms with Crippen molar-refractivity contribution in [2.75, 3.05) is 11.5 Å². The monoisotopic (exact) mass is 743 g/mol. The van der Waals surface area contributed by atoms with Gasteiger partial charge < -0.3 is 11.5 Å². The highest BCUT2D eigenvalue weighted by Crippen LogP contribution is 2.48. The quantitative estimate of drug-likeness (QED) is 0.150. The van der Waals surface area contributed by atoms with Gasteiger partial charge in [0.25, 0.3) is 0 Å². The van der Waals surface area contributed by atoms with Crippen LogP contribution in [-0.2, 0) is 12.4 Å². The summed E-state index contributed by atoms with van der Waals surface area (Å²) in [6, 6.07) is 7.78. The highest BCUT2D eigenvalue weighted by molar-refractivity contribution is 8.76. The third-order valence-electron chi connectivity index (χ3n) is 5.28. The first-order valence-corrected chi connectivity index (χ1v) is 14.9. The van der Waals surface area contributed by atoms with Crippen LogP contribution in [0.2, 0.25) is 20.1 Å². The molecule has 2 aromatic heterocycles. The molecule has 0 bridgehead atoms. The largest absolute Gasteiger partial charge is 0.416 e. The first-order chi connectivity index (χ1) is 20.9. The van der Waals surface area contributed by atoms with E-state index in [1.165, 1.54) is 6.92 Å². The van der Waals surface area contributed by atoms with Gasteiger partial charge in [-0.15, -0.1) is 0 Å². The molecule has 0 radical (unpaired) electrons. The van der Waals surface area contributed by atoms with E-state index in [1.54, 1.807) is 18.2 Å². The van der Waals surface area contributed by atoms with E-state index < -0.39 is 43.6 Å². The molecule has 0 aliphatic carbocycles. The van der Waals surface area contributed by atoms with Gasteiger partial charge in [-0.25, -0.2) is 9.36 Å². The Balaban J connectivity index is 0.00000177. The summed E-state index contributed by atoms with van der Waals surface area (Å²) in [6.07, 6.45) is -9.48. The Kier molecular flexibility index (Phi) is 11.0. The SMILES string of the molecule is CC#N.N#Cc1nn(-c2c(Cl)cc(C(F)(F)F)cc2Cl)c(N)c1SSc1c(C#N)nn(-c2c(Cl)cc(C(F)(F)F)cc2Cl)c1N. The molecule has 0 saturated carbocycles. The highest BCUT2D eigenvalue weighted by atomic mass is 35.5. The Bertz CT molecular complexity index is 1740. The summed E-state index contributed by atoms with van der Waals surface area (Å²) in [5.74, 6) is -0.489. The second kappa shape index (κ2) is 13.8. The molecule has 4 N–H and O–H groups in total. The van der Waals surface area contributed by atoms with Gasteiger partial charge in [-0.2, -0.15) is 52.3 Å². The van der Waals surface area contributed by atoms with Crippen molar-refractivity contribution >= 4 is 79.6 Å². The van der Waals surface area contributed by atoms with Crippen LogP contribution in [0, 0.1) is 34.0 Å². The number of nitrogens with zero attached hydrogens (tertiary/aromatic N) is 7. The number of anilines is 2. The summed E-state index contributed by atoms with van der Waals surface area (Å²) in [5.41, 5.74) is 9.06. The van der Waals surface area contributed by atoms with Crippen molar-refractivity contribution in [3.05, 3.63) is 66.9 Å². The third kappa shape index (κ3) is 7.44. The number of nitrogen functional groups attached to an aromatic ring is 2. The molecule has 234 valence electrons. The Morgan fingerprint density at radius 2 is 0.933 bits per heavy atom. The molecule has 0 amide bonds. The third-order valence-corrected chi connectivity index (χ3v) is 8.91. The van der Waals surface area contributed by atoms with E-state index in [-0.39, 0.29) is 44.2 Å². The van der Waals surface area contributed by atoms with E-state index in [1.807, 2.05) is 0 Å². The summed E-state index contributed by atoms with van der Waals surface area (Å²) >= 11 is 24.3. The van der Waals surface area contributed by atoms with E-state index in [0.717, 1.165) is 31.0 Å². The van der Waals surface area contributed by atoms with Crippen LogP contribution in [0.4, 0.5) is 38.0 Å². The average molecular weight is 745 g/mol. The molecule has 0 aliphatic heterocycles. The maximum absolute atomic E-state index is 13.1. The minimum atomic E-state index is -4.74. The Labute approximate surface area is 277 Å². The first kappa shape index (κ1) is 35.8. The van der Waals surface area contributed by atoms with Gasteiger partial charge in [-0.05, 0) is 45.9 Å². The first-order valence-electron chi connectivity index (χ1n) is 11.3. The number of alkyl halides is 6. The fourth-order valence-electron chi connectivity index (χ4n) is 3.43. The van der Waals surface area contributed by atoms with Crippen molar-refractivity contribution in [2.24, 2.45) is 0 Å². The standard InChI is InChI=1S/C22H8Cl4F6N8S2.C2H3N/c23-9-1-7(21(27,28)29)2-10(24)15(9)39-19(35)17(13(5-33)37-39)41-42-18-14(6-34)38-40(20(18)36)16-11(25)3-8(4-12(16)26)22(30,31)32;1-2-3/h1-4H,35-36H2;1H3. The summed E-state index contributed by atoms with van der Waals surface area (Å²) in [5, 5.41) is 32.7. The normalized spacial score (nSPS) is 11.3. The van der Waals surface area contributed by atoms with Crippen LogP contribution < -0.4 is 11.5 Å². The minimum absolute atomic E-state index is 0.00355. The molecule has 0 aliphatic rings. The minimum Gasteiger partial charge on any atom is -0.383 e. The summed E-state index contributed by atoms with van der Waals surface area (Å²) < 4.78 is 80.6. The van der Waals surface area contributed by atoms with E-state index >= 15 is 0 Å². The molecule has 4 aromatic rings. The zero-order valence-corrected chi connectivity index (χ0v) is 26.3. The zero-order valence-electron chi connectivity index (χ0n) is 21.7. The Morgan fingerprint density at radius 3 is 1.16 bits per heavy atom. The van der Waals surface area contributed by atoms with Gasteiger partial charge in [0.1, 0.15) is 35.1 Å². The van der Waals surface area contributed by atoms with Crippen molar-refractivity contribution in [3.8, 4) is 29.6 Å². The van der Waals surface area contributed by atoms with Crippen molar-refractivity contribution in [3.63, 3.8) is 0 Å². The predicted octanol–water partition coefficient (Wildman–Crippen LogP) is 8.95. The van der Waals surface area contributed by atoms with Crippen LogP contribution in [0.5, 0.6) is 0 Å². The lowest BCUT2D eigenvalue weighted by molar-refractivity contribution is -0.138. The number of halogens is 10. The molecule has 0 saturated heterocycles. The van der Waals surface area contributed by atoms with Crippen LogP contribution in [0.25, 0.3) is 11.4 Å². The van der Waals surface area contributed by atoms with Gasteiger partial charge in [-0.1, -0.05) is 46.4 Å². The van der Waals surface area contributed by atoms with Crippen LogP contribution in [0.1, 0.15) is 29.4 Å². The van der Waals surface area contributed by atoms with Crippen LogP contribution in [0.3, 0.4) is 0 Å². The van der Waals surface area contributed by atoms with Crippen LogP contribution in [0.15, 0.2) is 34.1 Å². The van der Waals surface area contributed by atoms with Gasteiger partial charge in [0, 0.05) is 6.92 Å². The topological polar surface area (TPSA) is 159 Å². The molecule has 45 heavy (non-hydrogen) atoms. The van der Waals surface area contributed by atoms with Crippen molar-refractivity contribution in [1.29, 1.82) is 15.8 Å². The maximum Gasteiger partial charge on any atom is 0.416 e. The molecule has 0 atom stereocenters. The average Bonchev–Trinajstić information content (AvgIpc) is 3.41. The van der Waals surface area contributed by atoms with Crippen LogP contribution in [-0.4, -0.2) is 19.6 Å². The highest BCUT2D eigenvalue weighted by Gasteiger charge is 2.34. The number of benzene rings is 2. The number of rotatable bonds is 5. The molecular formula is C24H11Cl4F6N9S2. The lowest BCUT2D eigenvalue weighted by Crippen LogP contribution is -2.08. The maximum atomic E-state index is 13.1. The lowest BCUT2D eigenvalue weighted by Gasteiger charge is -2.13. The lowest BCUT2D eigenvalue weighted by atomic mass is 10.2. The molecule has 0 unspecified atom stereocenters. The van der Waals surface area contributed by atoms with Crippen LogP contribution >= 0.6 is 68.0 Å². The summed E-state index contributed by atoms with van der Waals surface area (Å²) in [6.45, 7) is 1.43. The number of hydrogen-bond acceptors (Lipinski definition) is 9. The number of hydrogen-bond donors (Lipinski definition) is 2. The molecule has 21 heteroatoms. The molecule has 2 heterocycles.